The minimum atomic E-state index is 0.443. The van der Waals surface area contributed by atoms with Gasteiger partial charge in [-0.1, -0.05) is 0 Å². The Morgan fingerprint density at radius 1 is 1.50 bits per heavy atom. The minimum absolute atomic E-state index is 0.443. The minimum Gasteiger partial charge on any atom is -0.381 e. The first-order chi connectivity index (χ1) is 8.79. The Bertz CT molecular complexity index is 380. The van der Waals surface area contributed by atoms with Crippen molar-refractivity contribution < 1.29 is 4.74 Å². The Morgan fingerprint density at radius 3 is 3.11 bits per heavy atom. The summed E-state index contributed by atoms with van der Waals surface area (Å²) in [6.07, 6.45) is 4.36. The van der Waals surface area contributed by atoms with E-state index in [1.807, 2.05) is 18.7 Å². The number of hydrogen-bond donors (Lipinski definition) is 1. The van der Waals surface area contributed by atoms with Crippen LogP contribution in [0.15, 0.2) is 6.07 Å². The summed E-state index contributed by atoms with van der Waals surface area (Å²) in [6.45, 7) is 4.57. The first kappa shape index (κ1) is 13.6. The molecule has 0 radical (unpaired) electrons. The number of nitrogens with one attached hydrogen (secondary N) is 1. The monoisotopic (exact) mass is 267 g/mol. The number of anilines is 1. The van der Waals surface area contributed by atoms with Crippen LogP contribution in [0.4, 0.5) is 5.82 Å². The molecule has 1 fully saturated rings. The molecule has 0 unspecified atom stereocenters. The molecular formula is C13H21N3OS. The number of hydrogen-bond acceptors (Lipinski definition) is 5. The van der Waals surface area contributed by atoms with Crippen molar-refractivity contribution >= 4 is 17.6 Å². The van der Waals surface area contributed by atoms with E-state index in [0.29, 0.717) is 5.92 Å². The molecule has 0 bridgehead atoms. The summed E-state index contributed by atoms with van der Waals surface area (Å²) in [6, 6.07) is 2.07. The topological polar surface area (TPSA) is 47.0 Å². The average Bonchev–Trinajstić information content (AvgIpc) is 2.88. The zero-order chi connectivity index (χ0) is 12.8. The summed E-state index contributed by atoms with van der Waals surface area (Å²) in [4.78, 5) is 8.96. The van der Waals surface area contributed by atoms with Crippen molar-refractivity contribution in [3.63, 3.8) is 0 Å². The van der Waals surface area contributed by atoms with Crippen LogP contribution in [0.1, 0.15) is 30.3 Å². The SMILES string of the molecule is CSCCCNc1cc([C@@H]2CCOC2)nc(C)n1. The fourth-order valence-corrected chi connectivity index (χ4v) is 2.52. The molecule has 1 atom stereocenters. The number of aryl methyl sites for hydroxylation is 1. The quantitative estimate of drug-likeness (QED) is 0.802. The first-order valence-electron chi connectivity index (χ1n) is 6.45. The second kappa shape index (κ2) is 6.95. The van der Waals surface area contributed by atoms with Crippen molar-refractivity contribution in [2.75, 3.05) is 37.1 Å². The molecule has 1 saturated heterocycles. The van der Waals surface area contributed by atoms with Crippen LogP contribution in [-0.2, 0) is 4.74 Å². The van der Waals surface area contributed by atoms with Gasteiger partial charge in [0.05, 0.1) is 12.3 Å². The van der Waals surface area contributed by atoms with E-state index in [1.165, 1.54) is 5.75 Å². The predicted molar refractivity (Wildman–Crippen MR) is 76.4 cm³/mol. The van der Waals surface area contributed by atoms with E-state index in [1.54, 1.807) is 0 Å². The van der Waals surface area contributed by atoms with E-state index in [9.17, 15) is 0 Å². The van der Waals surface area contributed by atoms with E-state index in [4.69, 9.17) is 4.74 Å². The van der Waals surface area contributed by atoms with Crippen molar-refractivity contribution in [2.45, 2.75) is 25.7 Å². The van der Waals surface area contributed by atoms with Crippen LogP contribution in [-0.4, -0.2) is 41.7 Å². The lowest BCUT2D eigenvalue weighted by Gasteiger charge is -2.11. The van der Waals surface area contributed by atoms with E-state index >= 15 is 0 Å². The van der Waals surface area contributed by atoms with Gasteiger partial charge in [0.1, 0.15) is 11.6 Å². The molecule has 0 aromatic carbocycles. The van der Waals surface area contributed by atoms with Gasteiger partial charge in [-0.15, -0.1) is 0 Å². The van der Waals surface area contributed by atoms with Gasteiger partial charge in [0, 0.05) is 25.1 Å². The number of rotatable bonds is 6. The van der Waals surface area contributed by atoms with Gasteiger partial charge in [0.25, 0.3) is 0 Å². The normalized spacial score (nSPS) is 19.1. The Labute approximate surface area is 113 Å². The molecule has 100 valence electrons. The molecule has 1 aliphatic heterocycles. The molecule has 2 heterocycles. The Balaban J connectivity index is 1.97. The molecule has 0 aliphatic carbocycles. The third kappa shape index (κ3) is 3.85. The highest BCUT2D eigenvalue weighted by Gasteiger charge is 2.20. The molecule has 1 aromatic heterocycles. The Hall–Kier alpha value is -0.810. The molecule has 0 amide bonds. The van der Waals surface area contributed by atoms with E-state index < -0.39 is 0 Å². The van der Waals surface area contributed by atoms with Gasteiger partial charge in [0.2, 0.25) is 0 Å². The maximum Gasteiger partial charge on any atom is 0.129 e. The van der Waals surface area contributed by atoms with Gasteiger partial charge in [-0.3, -0.25) is 0 Å². The maximum absolute atomic E-state index is 5.42. The van der Waals surface area contributed by atoms with E-state index in [0.717, 1.165) is 49.9 Å². The van der Waals surface area contributed by atoms with Crippen LogP contribution < -0.4 is 5.32 Å². The zero-order valence-corrected chi connectivity index (χ0v) is 11.9. The molecule has 1 N–H and O–H groups in total. The van der Waals surface area contributed by atoms with Crippen molar-refractivity contribution in [2.24, 2.45) is 0 Å². The van der Waals surface area contributed by atoms with Crippen LogP contribution in [0.2, 0.25) is 0 Å². The molecular weight excluding hydrogens is 246 g/mol. The first-order valence-corrected chi connectivity index (χ1v) is 7.85. The van der Waals surface area contributed by atoms with Crippen molar-refractivity contribution in [3.8, 4) is 0 Å². The molecule has 1 aliphatic rings. The molecule has 5 heteroatoms. The third-order valence-corrected chi connectivity index (χ3v) is 3.73. The molecule has 0 spiro atoms. The molecule has 0 saturated carbocycles. The number of aromatic nitrogens is 2. The highest BCUT2D eigenvalue weighted by Crippen LogP contribution is 2.24. The summed E-state index contributed by atoms with van der Waals surface area (Å²) < 4.78 is 5.42. The summed E-state index contributed by atoms with van der Waals surface area (Å²) in [5.41, 5.74) is 1.12. The molecule has 18 heavy (non-hydrogen) atoms. The zero-order valence-electron chi connectivity index (χ0n) is 11.1. The molecule has 2 rings (SSSR count). The lowest BCUT2D eigenvalue weighted by atomic mass is 10.0. The smallest absolute Gasteiger partial charge is 0.129 e. The van der Waals surface area contributed by atoms with Crippen LogP contribution in [0.25, 0.3) is 0 Å². The fourth-order valence-electron chi connectivity index (χ4n) is 2.09. The van der Waals surface area contributed by atoms with Crippen LogP contribution >= 0.6 is 11.8 Å². The highest BCUT2D eigenvalue weighted by molar-refractivity contribution is 7.98. The standard InChI is InChI=1S/C13H21N3OS/c1-10-15-12(11-4-6-17-9-11)8-13(16-10)14-5-3-7-18-2/h8,11H,3-7,9H2,1-2H3,(H,14,15,16)/t11-/m1/s1. The van der Waals surface area contributed by atoms with Crippen molar-refractivity contribution in [1.29, 1.82) is 0 Å². The summed E-state index contributed by atoms with van der Waals surface area (Å²) in [5.74, 6) is 3.41. The van der Waals surface area contributed by atoms with Gasteiger partial charge in [-0.05, 0) is 31.8 Å². The van der Waals surface area contributed by atoms with Gasteiger partial charge >= 0.3 is 0 Å². The van der Waals surface area contributed by atoms with Crippen molar-refractivity contribution in [3.05, 3.63) is 17.6 Å². The highest BCUT2D eigenvalue weighted by atomic mass is 32.2. The lowest BCUT2D eigenvalue weighted by Crippen LogP contribution is -2.09. The van der Waals surface area contributed by atoms with Gasteiger partial charge in [-0.2, -0.15) is 11.8 Å². The van der Waals surface area contributed by atoms with Crippen molar-refractivity contribution in [1.82, 2.24) is 9.97 Å². The van der Waals surface area contributed by atoms with Crippen LogP contribution in [0, 0.1) is 6.92 Å². The molecule has 4 nitrogen and oxygen atoms in total. The Kier molecular flexibility index (Phi) is 5.26. The summed E-state index contributed by atoms with van der Waals surface area (Å²) in [7, 11) is 0. The number of ether oxygens (including phenoxy) is 1. The fraction of sp³-hybridized carbons (Fsp3) is 0.692. The lowest BCUT2D eigenvalue weighted by molar-refractivity contribution is 0.193. The van der Waals surface area contributed by atoms with E-state index in [-0.39, 0.29) is 0 Å². The predicted octanol–water partition coefficient (Wildman–Crippen LogP) is 2.45. The largest absolute Gasteiger partial charge is 0.381 e. The average molecular weight is 267 g/mol. The van der Waals surface area contributed by atoms with Gasteiger partial charge in [0.15, 0.2) is 0 Å². The van der Waals surface area contributed by atoms with Crippen LogP contribution in [0.5, 0.6) is 0 Å². The number of nitrogens with zero attached hydrogens (tertiary/aromatic N) is 2. The van der Waals surface area contributed by atoms with Crippen LogP contribution in [0.3, 0.4) is 0 Å². The second-order valence-corrected chi connectivity index (χ2v) is 5.54. The summed E-state index contributed by atoms with van der Waals surface area (Å²) in [5, 5.41) is 3.38. The number of thioether (sulfide) groups is 1. The molecule has 1 aromatic rings. The Morgan fingerprint density at radius 2 is 2.39 bits per heavy atom. The van der Waals surface area contributed by atoms with Gasteiger partial charge in [-0.25, -0.2) is 9.97 Å². The third-order valence-electron chi connectivity index (χ3n) is 3.04. The summed E-state index contributed by atoms with van der Waals surface area (Å²) >= 11 is 1.87. The maximum atomic E-state index is 5.42. The second-order valence-electron chi connectivity index (χ2n) is 4.56. The van der Waals surface area contributed by atoms with Gasteiger partial charge < -0.3 is 10.1 Å². The van der Waals surface area contributed by atoms with E-state index in [2.05, 4.69) is 27.6 Å².